The average Bonchev–Trinajstić information content (AvgIpc) is 2.69. The minimum absolute atomic E-state index is 0.0681. The molecule has 2 amide bonds. The van der Waals surface area contributed by atoms with E-state index in [0.717, 1.165) is 11.1 Å². The zero-order valence-corrected chi connectivity index (χ0v) is 15.6. The predicted molar refractivity (Wildman–Crippen MR) is 103 cm³/mol. The molecular formula is C21H23ClN2O2. The number of carbonyl (C=O) groups is 2. The summed E-state index contributed by atoms with van der Waals surface area (Å²) in [4.78, 5) is 28.9. The van der Waals surface area contributed by atoms with Gasteiger partial charge in [-0.3, -0.25) is 9.59 Å². The van der Waals surface area contributed by atoms with Gasteiger partial charge < -0.3 is 9.80 Å². The molecule has 5 heteroatoms. The van der Waals surface area contributed by atoms with Crippen LogP contribution in [0.25, 0.3) is 0 Å². The molecule has 1 fully saturated rings. The maximum absolute atomic E-state index is 13.3. The normalized spacial score (nSPS) is 15.8. The topological polar surface area (TPSA) is 40.6 Å². The monoisotopic (exact) mass is 370 g/mol. The van der Waals surface area contributed by atoms with Crippen molar-refractivity contribution in [1.29, 1.82) is 0 Å². The Morgan fingerprint density at radius 1 is 0.769 bits per heavy atom. The molecule has 0 radical (unpaired) electrons. The summed E-state index contributed by atoms with van der Waals surface area (Å²) in [6.07, 6.45) is 0. The van der Waals surface area contributed by atoms with Gasteiger partial charge >= 0.3 is 0 Å². The highest BCUT2D eigenvalue weighted by atomic mass is 35.5. The molecule has 1 heterocycles. The first-order valence-electron chi connectivity index (χ1n) is 8.89. The van der Waals surface area contributed by atoms with E-state index in [9.17, 15) is 9.59 Å². The van der Waals surface area contributed by atoms with Crippen LogP contribution in [0.1, 0.15) is 24.0 Å². The Bertz CT molecular complexity index is 702. The van der Waals surface area contributed by atoms with Crippen molar-refractivity contribution >= 4 is 23.4 Å². The summed E-state index contributed by atoms with van der Waals surface area (Å²) in [7, 11) is 0. The molecule has 3 rings (SSSR count). The van der Waals surface area contributed by atoms with E-state index in [2.05, 4.69) is 0 Å². The lowest BCUT2D eigenvalue weighted by molar-refractivity contribution is -0.139. The summed E-state index contributed by atoms with van der Waals surface area (Å²) < 4.78 is 0. The van der Waals surface area contributed by atoms with E-state index < -0.39 is 5.38 Å². The smallest absolute Gasteiger partial charge is 0.240 e. The van der Waals surface area contributed by atoms with Gasteiger partial charge in [0.15, 0.2) is 0 Å². The SMILES string of the molecule is CC(Cl)C(=O)N1CCN(C(=O)C(c2ccccc2)c2ccccc2)CC1. The van der Waals surface area contributed by atoms with E-state index in [1.165, 1.54) is 0 Å². The predicted octanol–water partition coefficient (Wildman–Crippen LogP) is 3.12. The van der Waals surface area contributed by atoms with Crippen LogP contribution in [-0.4, -0.2) is 53.2 Å². The van der Waals surface area contributed by atoms with Crippen molar-refractivity contribution in [1.82, 2.24) is 9.80 Å². The number of hydrogen-bond acceptors (Lipinski definition) is 2. The summed E-state index contributed by atoms with van der Waals surface area (Å²) >= 11 is 5.90. The Morgan fingerprint density at radius 3 is 1.54 bits per heavy atom. The summed E-state index contributed by atoms with van der Waals surface area (Å²) in [5, 5.41) is -0.529. The Morgan fingerprint density at radius 2 is 1.15 bits per heavy atom. The second kappa shape index (κ2) is 8.37. The first kappa shape index (κ1) is 18.5. The van der Waals surface area contributed by atoms with Gasteiger partial charge in [-0.2, -0.15) is 0 Å². The third-order valence-corrected chi connectivity index (χ3v) is 4.94. The van der Waals surface area contributed by atoms with Crippen molar-refractivity contribution in [3.8, 4) is 0 Å². The van der Waals surface area contributed by atoms with E-state index in [1.807, 2.05) is 65.6 Å². The van der Waals surface area contributed by atoms with Crippen LogP contribution in [-0.2, 0) is 9.59 Å². The molecule has 1 atom stereocenters. The highest BCUT2D eigenvalue weighted by Gasteiger charge is 2.31. The maximum atomic E-state index is 13.3. The summed E-state index contributed by atoms with van der Waals surface area (Å²) in [5.41, 5.74) is 1.97. The van der Waals surface area contributed by atoms with Crippen LogP contribution >= 0.6 is 11.6 Å². The fraction of sp³-hybridized carbons (Fsp3) is 0.333. The molecule has 0 aliphatic carbocycles. The number of nitrogens with zero attached hydrogens (tertiary/aromatic N) is 2. The lowest BCUT2D eigenvalue weighted by Gasteiger charge is -2.37. The van der Waals surface area contributed by atoms with E-state index in [4.69, 9.17) is 11.6 Å². The van der Waals surface area contributed by atoms with Gasteiger partial charge in [0.05, 0.1) is 5.92 Å². The van der Waals surface area contributed by atoms with Crippen molar-refractivity contribution in [3.05, 3.63) is 71.8 Å². The summed E-state index contributed by atoms with van der Waals surface area (Å²) in [6, 6.07) is 19.7. The third-order valence-electron chi connectivity index (χ3n) is 4.76. The minimum Gasteiger partial charge on any atom is -0.338 e. The molecular weight excluding hydrogens is 348 g/mol. The van der Waals surface area contributed by atoms with Gasteiger partial charge in [0, 0.05) is 26.2 Å². The molecule has 1 aliphatic heterocycles. The Labute approximate surface area is 159 Å². The fourth-order valence-corrected chi connectivity index (χ4v) is 3.49. The lowest BCUT2D eigenvalue weighted by atomic mass is 9.90. The van der Waals surface area contributed by atoms with Crippen LogP contribution in [0.15, 0.2) is 60.7 Å². The molecule has 2 aromatic carbocycles. The Balaban J connectivity index is 1.78. The van der Waals surface area contributed by atoms with Crippen molar-refractivity contribution in [3.63, 3.8) is 0 Å². The number of piperazine rings is 1. The molecule has 0 saturated carbocycles. The van der Waals surface area contributed by atoms with Crippen LogP contribution in [0.3, 0.4) is 0 Å². The van der Waals surface area contributed by atoms with E-state index in [1.54, 1.807) is 11.8 Å². The average molecular weight is 371 g/mol. The second-order valence-electron chi connectivity index (χ2n) is 6.52. The van der Waals surface area contributed by atoms with E-state index in [-0.39, 0.29) is 17.7 Å². The third kappa shape index (κ3) is 4.07. The van der Waals surface area contributed by atoms with Gasteiger partial charge in [-0.15, -0.1) is 11.6 Å². The molecule has 26 heavy (non-hydrogen) atoms. The minimum atomic E-state index is -0.529. The molecule has 1 aliphatic rings. The quantitative estimate of drug-likeness (QED) is 0.776. The van der Waals surface area contributed by atoms with E-state index in [0.29, 0.717) is 26.2 Å². The number of amides is 2. The zero-order valence-electron chi connectivity index (χ0n) is 14.8. The summed E-state index contributed by atoms with van der Waals surface area (Å²) in [6.45, 7) is 3.80. The highest BCUT2D eigenvalue weighted by molar-refractivity contribution is 6.30. The molecule has 0 aromatic heterocycles. The van der Waals surface area contributed by atoms with Crippen molar-refractivity contribution < 1.29 is 9.59 Å². The fourth-order valence-electron chi connectivity index (χ4n) is 3.35. The van der Waals surface area contributed by atoms with Crippen LogP contribution in [0.5, 0.6) is 0 Å². The first-order valence-corrected chi connectivity index (χ1v) is 9.33. The standard InChI is InChI=1S/C21H23ClN2O2/c1-16(22)20(25)23-12-14-24(15-13-23)21(26)19(17-8-4-2-5-9-17)18-10-6-3-7-11-18/h2-11,16,19H,12-15H2,1H3. The van der Waals surface area contributed by atoms with Crippen molar-refractivity contribution in [2.75, 3.05) is 26.2 Å². The zero-order chi connectivity index (χ0) is 18.5. The second-order valence-corrected chi connectivity index (χ2v) is 7.18. The summed E-state index contributed by atoms with van der Waals surface area (Å²) in [5.74, 6) is -0.318. The van der Waals surface area contributed by atoms with Gasteiger partial charge in [0.25, 0.3) is 0 Å². The molecule has 1 unspecified atom stereocenters. The molecule has 0 N–H and O–H groups in total. The number of alkyl halides is 1. The maximum Gasteiger partial charge on any atom is 0.240 e. The number of hydrogen-bond donors (Lipinski definition) is 0. The van der Waals surface area contributed by atoms with Crippen LogP contribution < -0.4 is 0 Å². The van der Waals surface area contributed by atoms with E-state index >= 15 is 0 Å². The van der Waals surface area contributed by atoms with Gasteiger partial charge in [-0.1, -0.05) is 60.7 Å². The van der Waals surface area contributed by atoms with Crippen LogP contribution in [0, 0.1) is 0 Å². The molecule has 136 valence electrons. The van der Waals surface area contributed by atoms with Crippen molar-refractivity contribution in [2.24, 2.45) is 0 Å². The highest BCUT2D eigenvalue weighted by Crippen LogP contribution is 2.27. The molecule has 4 nitrogen and oxygen atoms in total. The Kier molecular flexibility index (Phi) is 5.94. The Hall–Kier alpha value is -2.33. The molecule has 2 aromatic rings. The number of rotatable bonds is 4. The first-order chi connectivity index (χ1) is 12.6. The van der Waals surface area contributed by atoms with Gasteiger partial charge in [0.2, 0.25) is 11.8 Å². The van der Waals surface area contributed by atoms with Crippen LogP contribution in [0.2, 0.25) is 0 Å². The van der Waals surface area contributed by atoms with Gasteiger partial charge in [-0.25, -0.2) is 0 Å². The lowest BCUT2D eigenvalue weighted by Crippen LogP contribution is -2.53. The molecule has 0 spiro atoms. The van der Waals surface area contributed by atoms with Gasteiger partial charge in [0.1, 0.15) is 5.38 Å². The largest absolute Gasteiger partial charge is 0.338 e. The van der Waals surface area contributed by atoms with Gasteiger partial charge in [-0.05, 0) is 18.1 Å². The van der Waals surface area contributed by atoms with Crippen LogP contribution in [0.4, 0.5) is 0 Å². The number of benzene rings is 2. The van der Waals surface area contributed by atoms with Crippen molar-refractivity contribution in [2.45, 2.75) is 18.2 Å². The number of halogens is 1. The molecule has 0 bridgehead atoms. The number of carbonyl (C=O) groups excluding carboxylic acids is 2. The molecule has 1 saturated heterocycles.